The van der Waals surface area contributed by atoms with Crippen molar-refractivity contribution in [2.45, 2.75) is 33.6 Å². The zero-order valence-corrected chi connectivity index (χ0v) is 15.5. The van der Waals surface area contributed by atoms with Gasteiger partial charge in [-0.3, -0.25) is 4.79 Å². The van der Waals surface area contributed by atoms with Gasteiger partial charge >= 0.3 is 0 Å². The maximum atomic E-state index is 12.1. The highest BCUT2D eigenvalue weighted by atomic mass is 79.9. The first-order chi connectivity index (χ1) is 10.9. The molecule has 0 unspecified atom stereocenters. The molecular weight excluding hydrogens is 354 g/mol. The Balaban J connectivity index is 2.00. The number of hydrogen-bond donors (Lipinski definition) is 1. The molecule has 0 aliphatic rings. The number of carbonyl (C=O) groups is 1. The Hall–Kier alpha value is -1.81. The van der Waals surface area contributed by atoms with Crippen molar-refractivity contribution in [2.24, 2.45) is 0 Å². The number of hydrogen-bond acceptors (Lipinski definition) is 2. The van der Waals surface area contributed by atoms with Gasteiger partial charge in [-0.05, 0) is 64.5 Å². The number of amides is 1. The Morgan fingerprint density at radius 1 is 1.17 bits per heavy atom. The fourth-order valence-corrected chi connectivity index (χ4v) is 2.83. The van der Waals surface area contributed by atoms with Crippen LogP contribution in [0.1, 0.15) is 36.5 Å². The topological polar surface area (TPSA) is 38.3 Å². The third kappa shape index (κ3) is 4.58. The van der Waals surface area contributed by atoms with Gasteiger partial charge in [0.2, 0.25) is 0 Å². The molecule has 1 N–H and O–H groups in total. The highest BCUT2D eigenvalue weighted by Gasteiger charge is 2.10. The molecule has 0 spiro atoms. The SMILES string of the molecule is Cc1cccc(C)c1NC(=O)COc1ccc(C(C)C)cc1Br. The second-order valence-electron chi connectivity index (χ2n) is 5.95. The van der Waals surface area contributed by atoms with Crippen LogP contribution in [0.15, 0.2) is 40.9 Å². The van der Waals surface area contributed by atoms with Gasteiger partial charge in [-0.2, -0.15) is 0 Å². The van der Waals surface area contributed by atoms with E-state index in [-0.39, 0.29) is 12.5 Å². The van der Waals surface area contributed by atoms with Gasteiger partial charge in [-0.1, -0.05) is 38.1 Å². The van der Waals surface area contributed by atoms with Crippen LogP contribution in [0.2, 0.25) is 0 Å². The Morgan fingerprint density at radius 2 is 1.83 bits per heavy atom. The number of nitrogens with one attached hydrogen (secondary N) is 1. The van der Waals surface area contributed by atoms with E-state index in [1.165, 1.54) is 5.56 Å². The molecule has 0 aliphatic carbocycles. The highest BCUT2D eigenvalue weighted by molar-refractivity contribution is 9.10. The van der Waals surface area contributed by atoms with Crippen molar-refractivity contribution in [3.8, 4) is 5.75 Å². The van der Waals surface area contributed by atoms with Crippen LogP contribution < -0.4 is 10.1 Å². The zero-order valence-electron chi connectivity index (χ0n) is 13.9. The average molecular weight is 376 g/mol. The number of rotatable bonds is 5. The maximum Gasteiger partial charge on any atom is 0.262 e. The molecule has 2 aromatic rings. The number of aryl methyl sites for hydroxylation is 2. The lowest BCUT2D eigenvalue weighted by atomic mass is 10.0. The molecule has 4 heteroatoms. The number of ether oxygens (including phenoxy) is 1. The van der Waals surface area contributed by atoms with E-state index in [2.05, 4.69) is 35.1 Å². The van der Waals surface area contributed by atoms with Crippen LogP contribution >= 0.6 is 15.9 Å². The molecule has 0 bridgehead atoms. The molecule has 0 saturated heterocycles. The van der Waals surface area contributed by atoms with Crippen molar-refractivity contribution < 1.29 is 9.53 Å². The molecule has 2 aromatic carbocycles. The Kier molecular flexibility index (Phi) is 5.83. The second kappa shape index (κ2) is 7.64. The van der Waals surface area contributed by atoms with Crippen molar-refractivity contribution in [3.05, 3.63) is 57.6 Å². The lowest BCUT2D eigenvalue weighted by Gasteiger charge is -2.13. The number of para-hydroxylation sites is 1. The molecular formula is C19H22BrNO2. The molecule has 0 saturated carbocycles. The molecule has 1 amide bonds. The minimum absolute atomic E-state index is 0.0204. The van der Waals surface area contributed by atoms with Crippen LogP contribution in [0, 0.1) is 13.8 Å². The van der Waals surface area contributed by atoms with Gasteiger partial charge in [-0.25, -0.2) is 0 Å². The number of halogens is 1. The molecule has 0 aliphatic heterocycles. The van der Waals surface area contributed by atoms with E-state index >= 15 is 0 Å². The van der Waals surface area contributed by atoms with Gasteiger partial charge in [0.15, 0.2) is 6.61 Å². The van der Waals surface area contributed by atoms with Crippen LogP contribution in [-0.4, -0.2) is 12.5 Å². The minimum Gasteiger partial charge on any atom is -0.483 e. The van der Waals surface area contributed by atoms with E-state index in [0.717, 1.165) is 21.3 Å². The zero-order chi connectivity index (χ0) is 17.0. The summed E-state index contributed by atoms with van der Waals surface area (Å²) < 4.78 is 6.49. The van der Waals surface area contributed by atoms with Crippen LogP contribution in [0.4, 0.5) is 5.69 Å². The normalized spacial score (nSPS) is 10.7. The summed E-state index contributed by atoms with van der Waals surface area (Å²) in [4.78, 5) is 12.1. The van der Waals surface area contributed by atoms with Gasteiger partial charge in [0, 0.05) is 5.69 Å². The lowest BCUT2D eigenvalue weighted by molar-refractivity contribution is -0.118. The van der Waals surface area contributed by atoms with Crippen molar-refractivity contribution >= 4 is 27.5 Å². The lowest BCUT2D eigenvalue weighted by Crippen LogP contribution is -2.21. The minimum atomic E-state index is -0.165. The number of anilines is 1. The fraction of sp³-hybridized carbons (Fsp3) is 0.316. The summed E-state index contributed by atoms with van der Waals surface area (Å²) in [5.41, 5.74) is 4.17. The van der Waals surface area contributed by atoms with Crippen LogP contribution in [0.5, 0.6) is 5.75 Å². The van der Waals surface area contributed by atoms with Gasteiger partial charge in [-0.15, -0.1) is 0 Å². The summed E-state index contributed by atoms with van der Waals surface area (Å²) >= 11 is 3.50. The predicted octanol–water partition coefficient (Wildman–Crippen LogP) is 5.21. The van der Waals surface area contributed by atoms with Crippen LogP contribution in [0.25, 0.3) is 0 Å². The van der Waals surface area contributed by atoms with E-state index in [1.807, 2.05) is 50.2 Å². The van der Waals surface area contributed by atoms with Gasteiger partial charge in [0.1, 0.15) is 5.75 Å². The molecule has 0 radical (unpaired) electrons. The third-order valence-corrected chi connectivity index (χ3v) is 4.35. The van der Waals surface area contributed by atoms with E-state index in [0.29, 0.717) is 11.7 Å². The molecule has 122 valence electrons. The van der Waals surface area contributed by atoms with Crippen molar-refractivity contribution in [1.82, 2.24) is 0 Å². The molecule has 0 aromatic heterocycles. The largest absolute Gasteiger partial charge is 0.483 e. The first-order valence-electron chi connectivity index (χ1n) is 7.66. The second-order valence-corrected chi connectivity index (χ2v) is 6.80. The molecule has 0 atom stereocenters. The summed E-state index contributed by atoms with van der Waals surface area (Å²) in [6.07, 6.45) is 0. The van der Waals surface area contributed by atoms with E-state index in [4.69, 9.17) is 4.74 Å². The maximum absolute atomic E-state index is 12.1. The predicted molar refractivity (Wildman–Crippen MR) is 98.3 cm³/mol. The van der Waals surface area contributed by atoms with Crippen molar-refractivity contribution in [1.29, 1.82) is 0 Å². The van der Waals surface area contributed by atoms with Crippen LogP contribution in [0.3, 0.4) is 0 Å². The number of benzene rings is 2. The summed E-state index contributed by atoms with van der Waals surface area (Å²) in [5.74, 6) is 0.959. The first-order valence-corrected chi connectivity index (χ1v) is 8.46. The van der Waals surface area contributed by atoms with Crippen LogP contribution in [-0.2, 0) is 4.79 Å². The Morgan fingerprint density at radius 3 is 2.39 bits per heavy atom. The molecule has 2 rings (SSSR count). The van der Waals surface area contributed by atoms with Crippen molar-refractivity contribution in [2.75, 3.05) is 11.9 Å². The summed E-state index contributed by atoms with van der Waals surface area (Å²) in [7, 11) is 0. The fourth-order valence-electron chi connectivity index (χ4n) is 2.32. The Labute approximate surface area is 146 Å². The van der Waals surface area contributed by atoms with E-state index < -0.39 is 0 Å². The summed E-state index contributed by atoms with van der Waals surface area (Å²) in [6.45, 7) is 8.21. The quantitative estimate of drug-likeness (QED) is 0.778. The molecule has 3 nitrogen and oxygen atoms in total. The monoisotopic (exact) mass is 375 g/mol. The van der Waals surface area contributed by atoms with E-state index in [9.17, 15) is 4.79 Å². The molecule has 0 fully saturated rings. The molecule has 0 heterocycles. The first kappa shape index (κ1) is 17.5. The molecule has 23 heavy (non-hydrogen) atoms. The summed E-state index contributed by atoms with van der Waals surface area (Å²) in [5, 5.41) is 2.92. The average Bonchev–Trinajstić information content (AvgIpc) is 2.49. The smallest absolute Gasteiger partial charge is 0.262 e. The van der Waals surface area contributed by atoms with Gasteiger partial charge in [0.25, 0.3) is 5.91 Å². The summed E-state index contributed by atoms with van der Waals surface area (Å²) in [6, 6.07) is 11.9. The van der Waals surface area contributed by atoms with Crippen molar-refractivity contribution in [3.63, 3.8) is 0 Å². The highest BCUT2D eigenvalue weighted by Crippen LogP contribution is 2.29. The third-order valence-electron chi connectivity index (χ3n) is 3.73. The van der Waals surface area contributed by atoms with Gasteiger partial charge in [0.05, 0.1) is 4.47 Å². The van der Waals surface area contributed by atoms with E-state index in [1.54, 1.807) is 0 Å². The number of carbonyl (C=O) groups excluding carboxylic acids is 1. The Bertz CT molecular complexity index is 690. The standard InChI is InChI=1S/C19H22BrNO2/c1-12(2)15-8-9-17(16(20)10-15)23-11-18(22)21-19-13(3)6-5-7-14(19)4/h5-10,12H,11H2,1-4H3,(H,21,22). The van der Waals surface area contributed by atoms with Gasteiger partial charge < -0.3 is 10.1 Å².